The minimum Gasteiger partial charge on any atom is -0.353 e. The maximum Gasteiger partial charge on any atom is 0.231 e. The number of hydrogen-bond donors (Lipinski definition) is 0. The number of hydrogen-bond acceptors (Lipinski definition) is 6. The molecule has 0 bridgehead atoms. The van der Waals surface area contributed by atoms with Crippen LogP contribution in [-0.4, -0.2) is 96.5 Å². The van der Waals surface area contributed by atoms with E-state index < -0.39 is 0 Å². The summed E-state index contributed by atoms with van der Waals surface area (Å²) in [5, 5.41) is 0.703. The Bertz CT molecular complexity index is 1040. The van der Waals surface area contributed by atoms with Gasteiger partial charge in [0.1, 0.15) is 12.1 Å². The van der Waals surface area contributed by atoms with Crippen molar-refractivity contribution in [2.45, 2.75) is 44.1 Å². The van der Waals surface area contributed by atoms with Crippen LogP contribution < -0.4 is 4.90 Å². The van der Waals surface area contributed by atoms with E-state index in [4.69, 9.17) is 11.6 Å². The van der Waals surface area contributed by atoms with E-state index in [1.54, 1.807) is 6.33 Å². The van der Waals surface area contributed by atoms with Gasteiger partial charge in [-0.2, -0.15) is 0 Å². The molecule has 0 spiro atoms. The average Bonchev–Trinajstić information content (AvgIpc) is 3.50. The molecule has 3 atom stereocenters. The van der Waals surface area contributed by atoms with E-state index in [1.165, 1.54) is 11.3 Å². The number of carbonyl (C=O) groups is 1. The largest absolute Gasteiger partial charge is 0.353 e. The van der Waals surface area contributed by atoms with Crippen molar-refractivity contribution in [2.24, 2.45) is 0 Å². The summed E-state index contributed by atoms with van der Waals surface area (Å²) in [7, 11) is 4.28. The van der Waals surface area contributed by atoms with Gasteiger partial charge in [-0.25, -0.2) is 9.97 Å². The lowest BCUT2D eigenvalue weighted by Crippen LogP contribution is -2.51. The van der Waals surface area contributed by atoms with Crippen molar-refractivity contribution in [1.82, 2.24) is 24.7 Å². The molecule has 2 saturated heterocycles. The zero-order valence-electron chi connectivity index (χ0n) is 21.2. The number of benzene rings is 1. The molecule has 8 heteroatoms. The highest BCUT2D eigenvalue weighted by Gasteiger charge is 2.34. The summed E-state index contributed by atoms with van der Waals surface area (Å²) >= 11 is 6.17. The van der Waals surface area contributed by atoms with E-state index in [1.807, 2.05) is 24.3 Å². The minimum absolute atomic E-state index is 0.178. The number of aryl methyl sites for hydroxylation is 1. The molecule has 5 rings (SSSR count). The lowest BCUT2D eigenvalue weighted by molar-refractivity contribution is -0.133. The topological polar surface area (TPSA) is 55.8 Å². The van der Waals surface area contributed by atoms with Crippen molar-refractivity contribution in [3.63, 3.8) is 0 Å². The molecule has 35 heavy (non-hydrogen) atoms. The summed E-state index contributed by atoms with van der Waals surface area (Å²) in [6.07, 6.45) is 5.04. The molecule has 7 nitrogen and oxygen atoms in total. The van der Waals surface area contributed by atoms with Crippen LogP contribution in [0.2, 0.25) is 5.02 Å². The van der Waals surface area contributed by atoms with E-state index in [0.717, 1.165) is 76.5 Å². The maximum absolute atomic E-state index is 13.9. The number of carbonyl (C=O) groups excluding carboxylic acids is 1. The van der Waals surface area contributed by atoms with Crippen LogP contribution >= 0.6 is 11.6 Å². The van der Waals surface area contributed by atoms with Crippen LogP contribution in [0.3, 0.4) is 0 Å². The standard InChI is InChI=1S/C27H37ClN6O/c1-19-4-9-24-25(19)26(30-18-29-24)33-12-14-34(15-13-33)27(35)23(20-5-7-21(28)8-6-20)17-32-11-10-22(16-32)31(2)3/h5-8,18-19,22-23H,4,9-17H2,1-3H3/t19-,22+,23-/m1/s1. The number of likely N-dealkylation sites (tertiary alicyclic amines) is 1. The van der Waals surface area contributed by atoms with E-state index in [2.05, 4.69) is 50.6 Å². The third-order valence-electron chi connectivity index (χ3n) is 8.13. The van der Waals surface area contributed by atoms with Crippen molar-refractivity contribution in [3.05, 3.63) is 52.4 Å². The number of fused-ring (bicyclic) bond motifs is 1. The van der Waals surface area contributed by atoms with Crippen LogP contribution in [0.1, 0.15) is 48.4 Å². The smallest absolute Gasteiger partial charge is 0.231 e. The van der Waals surface area contributed by atoms with Crippen molar-refractivity contribution < 1.29 is 4.79 Å². The molecule has 2 aliphatic heterocycles. The predicted molar refractivity (Wildman–Crippen MR) is 140 cm³/mol. The quantitative estimate of drug-likeness (QED) is 0.612. The highest BCUT2D eigenvalue weighted by molar-refractivity contribution is 6.30. The third-order valence-corrected chi connectivity index (χ3v) is 8.38. The maximum atomic E-state index is 13.9. The summed E-state index contributed by atoms with van der Waals surface area (Å²) in [5.74, 6) is 1.62. The summed E-state index contributed by atoms with van der Waals surface area (Å²) < 4.78 is 0. The number of nitrogens with zero attached hydrogens (tertiary/aromatic N) is 6. The highest BCUT2D eigenvalue weighted by Crippen LogP contribution is 2.37. The van der Waals surface area contributed by atoms with Gasteiger partial charge in [-0.15, -0.1) is 0 Å². The van der Waals surface area contributed by atoms with Gasteiger partial charge in [-0.05, 0) is 63.5 Å². The lowest BCUT2D eigenvalue weighted by Gasteiger charge is -2.38. The van der Waals surface area contributed by atoms with Crippen LogP contribution in [-0.2, 0) is 11.2 Å². The van der Waals surface area contributed by atoms with Crippen LogP contribution in [0.15, 0.2) is 30.6 Å². The van der Waals surface area contributed by atoms with Gasteiger partial charge in [-0.3, -0.25) is 4.79 Å². The monoisotopic (exact) mass is 496 g/mol. The first kappa shape index (κ1) is 24.5. The second-order valence-electron chi connectivity index (χ2n) is 10.6. The molecule has 1 aromatic carbocycles. The SMILES string of the molecule is C[C@@H]1CCc2ncnc(N3CCN(C(=O)[C@H](CN4CC[C@H](N(C)C)C4)c4ccc(Cl)cc4)CC3)c21. The number of aromatic nitrogens is 2. The summed E-state index contributed by atoms with van der Waals surface area (Å²) in [5.41, 5.74) is 3.57. The Morgan fingerprint density at radius 3 is 2.51 bits per heavy atom. The second-order valence-corrected chi connectivity index (χ2v) is 11.0. The molecule has 188 valence electrons. The van der Waals surface area contributed by atoms with Crippen molar-refractivity contribution >= 4 is 23.3 Å². The van der Waals surface area contributed by atoms with Crippen molar-refractivity contribution in [1.29, 1.82) is 0 Å². The molecule has 1 amide bonds. The number of amides is 1. The van der Waals surface area contributed by atoms with E-state index in [0.29, 0.717) is 17.0 Å². The number of likely N-dealkylation sites (N-methyl/N-ethyl adjacent to an activating group) is 1. The lowest BCUT2D eigenvalue weighted by atomic mass is 9.96. The van der Waals surface area contributed by atoms with Crippen LogP contribution in [0.4, 0.5) is 5.82 Å². The average molecular weight is 497 g/mol. The molecule has 1 aliphatic carbocycles. The van der Waals surface area contributed by atoms with Crippen molar-refractivity contribution in [2.75, 3.05) is 64.8 Å². The summed E-state index contributed by atoms with van der Waals surface area (Å²) in [6.45, 7) is 8.12. The Morgan fingerprint density at radius 2 is 1.83 bits per heavy atom. The number of halogens is 1. The second kappa shape index (κ2) is 10.4. The van der Waals surface area contributed by atoms with Gasteiger partial charge in [0, 0.05) is 61.6 Å². The van der Waals surface area contributed by atoms with E-state index >= 15 is 0 Å². The highest BCUT2D eigenvalue weighted by atomic mass is 35.5. The van der Waals surface area contributed by atoms with Gasteiger partial charge in [0.15, 0.2) is 0 Å². The summed E-state index contributed by atoms with van der Waals surface area (Å²) in [4.78, 5) is 32.2. The molecule has 2 aromatic rings. The first-order valence-electron chi connectivity index (χ1n) is 12.9. The molecule has 0 unspecified atom stereocenters. The molecule has 0 saturated carbocycles. The molecule has 1 aromatic heterocycles. The van der Waals surface area contributed by atoms with Gasteiger partial charge in [0.2, 0.25) is 5.91 Å². The number of rotatable bonds is 6. The first-order valence-corrected chi connectivity index (χ1v) is 13.3. The van der Waals surface area contributed by atoms with Crippen LogP contribution in [0, 0.1) is 0 Å². The van der Waals surface area contributed by atoms with Gasteiger partial charge in [-0.1, -0.05) is 30.7 Å². The molecule has 3 heterocycles. The zero-order valence-corrected chi connectivity index (χ0v) is 21.9. The fourth-order valence-corrected chi connectivity index (χ4v) is 6.04. The normalized spacial score (nSPS) is 23.7. The fourth-order valence-electron chi connectivity index (χ4n) is 5.91. The van der Waals surface area contributed by atoms with Gasteiger partial charge in [0.25, 0.3) is 0 Å². The molecule has 0 radical (unpaired) electrons. The Balaban J connectivity index is 1.29. The Labute approximate surface area is 214 Å². The number of piperazine rings is 1. The summed E-state index contributed by atoms with van der Waals surface area (Å²) in [6, 6.07) is 8.40. The van der Waals surface area contributed by atoms with Gasteiger partial charge in [0.05, 0.1) is 5.92 Å². The van der Waals surface area contributed by atoms with Gasteiger partial charge >= 0.3 is 0 Å². The molecule has 0 N–H and O–H groups in total. The Hall–Kier alpha value is -2.22. The molecular weight excluding hydrogens is 460 g/mol. The number of anilines is 1. The Kier molecular flexibility index (Phi) is 7.28. The molecular formula is C27H37ClN6O. The predicted octanol–water partition coefficient (Wildman–Crippen LogP) is 3.25. The minimum atomic E-state index is -0.178. The van der Waals surface area contributed by atoms with E-state index in [-0.39, 0.29) is 11.8 Å². The van der Waals surface area contributed by atoms with Gasteiger partial charge < -0.3 is 19.6 Å². The first-order chi connectivity index (χ1) is 16.9. The van der Waals surface area contributed by atoms with Crippen molar-refractivity contribution in [3.8, 4) is 0 Å². The van der Waals surface area contributed by atoms with Crippen LogP contribution in [0.25, 0.3) is 0 Å². The fraction of sp³-hybridized carbons (Fsp3) is 0.593. The van der Waals surface area contributed by atoms with Crippen LogP contribution in [0.5, 0.6) is 0 Å². The van der Waals surface area contributed by atoms with E-state index in [9.17, 15) is 4.79 Å². The zero-order chi connectivity index (χ0) is 24.5. The Morgan fingerprint density at radius 1 is 1.09 bits per heavy atom. The molecule has 2 fully saturated rings. The molecule has 3 aliphatic rings. The third kappa shape index (κ3) is 5.18.